The first kappa shape index (κ1) is 16.0. The highest BCUT2D eigenvalue weighted by Gasteiger charge is 2.25. The van der Waals surface area contributed by atoms with Crippen molar-refractivity contribution in [3.05, 3.63) is 29.3 Å². The maximum Gasteiger partial charge on any atom is 0.240 e. The molecule has 0 unspecified atom stereocenters. The van der Waals surface area contributed by atoms with Gasteiger partial charge in [0.2, 0.25) is 10.0 Å². The van der Waals surface area contributed by atoms with E-state index >= 15 is 0 Å². The average Bonchev–Trinajstić information content (AvgIpc) is 2.54. The largest absolute Gasteiger partial charge is 0.302 e. The summed E-state index contributed by atoms with van der Waals surface area (Å²) in [7, 11) is -3.40. The number of piperidine rings is 1. The zero-order valence-corrected chi connectivity index (χ0v) is 14.2. The molecular weight excluding hydrogens is 296 g/mol. The summed E-state index contributed by atoms with van der Waals surface area (Å²) >= 11 is 0. The second-order valence-electron chi connectivity index (χ2n) is 6.49. The van der Waals surface area contributed by atoms with E-state index in [9.17, 15) is 8.42 Å². The highest BCUT2D eigenvalue weighted by molar-refractivity contribution is 7.89. The molecule has 1 aliphatic carbocycles. The summed E-state index contributed by atoms with van der Waals surface area (Å²) in [4.78, 5) is 2.74. The Morgan fingerprint density at radius 3 is 2.73 bits per heavy atom. The van der Waals surface area contributed by atoms with Gasteiger partial charge < -0.3 is 4.90 Å². The Balaban J connectivity index is 1.75. The minimum Gasteiger partial charge on any atom is -0.302 e. The Labute approximate surface area is 134 Å². The number of nitrogens with one attached hydrogen (secondary N) is 1. The van der Waals surface area contributed by atoms with Crippen LogP contribution in [-0.2, 0) is 22.9 Å². The number of likely N-dealkylation sites (N-methyl/N-ethyl adjacent to an activating group) is 1. The van der Waals surface area contributed by atoms with E-state index in [4.69, 9.17) is 0 Å². The number of nitrogens with zero attached hydrogens (tertiary/aromatic N) is 1. The molecule has 1 N–H and O–H groups in total. The molecule has 0 saturated carbocycles. The zero-order chi connectivity index (χ0) is 15.6. The predicted octanol–water partition coefficient (Wildman–Crippen LogP) is 2.33. The van der Waals surface area contributed by atoms with E-state index in [0.717, 1.165) is 51.7 Å². The summed E-state index contributed by atoms with van der Waals surface area (Å²) in [5, 5.41) is 0. The van der Waals surface area contributed by atoms with Crippen LogP contribution >= 0.6 is 0 Å². The third-order valence-electron chi connectivity index (χ3n) is 4.90. The first-order valence-corrected chi connectivity index (χ1v) is 9.93. The van der Waals surface area contributed by atoms with E-state index in [1.807, 2.05) is 12.1 Å². The number of benzene rings is 1. The SMILES string of the molecule is CCN1CCC[C@@H](NS(=O)(=O)c2ccc3c(c2)CCCC3)C1. The van der Waals surface area contributed by atoms with Gasteiger partial charge >= 0.3 is 0 Å². The topological polar surface area (TPSA) is 49.4 Å². The van der Waals surface area contributed by atoms with Crippen molar-refractivity contribution in [1.29, 1.82) is 0 Å². The van der Waals surface area contributed by atoms with E-state index in [1.54, 1.807) is 6.07 Å². The van der Waals surface area contributed by atoms with E-state index < -0.39 is 10.0 Å². The fourth-order valence-electron chi connectivity index (χ4n) is 3.60. The minimum absolute atomic E-state index is 0.0368. The van der Waals surface area contributed by atoms with Crippen molar-refractivity contribution in [2.75, 3.05) is 19.6 Å². The number of aryl methyl sites for hydroxylation is 2. The van der Waals surface area contributed by atoms with Gasteiger partial charge in [0, 0.05) is 12.6 Å². The summed E-state index contributed by atoms with van der Waals surface area (Å²) < 4.78 is 28.2. The third-order valence-corrected chi connectivity index (χ3v) is 6.42. The second kappa shape index (κ2) is 6.69. The lowest BCUT2D eigenvalue weighted by Gasteiger charge is -2.32. The molecule has 0 aromatic heterocycles. The zero-order valence-electron chi connectivity index (χ0n) is 13.3. The van der Waals surface area contributed by atoms with Crippen LogP contribution in [-0.4, -0.2) is 39.0 Å². The first-order chi connectivity index (χ1) is 10.6. The number of hydrogen-bond acceptors (Lipinski definition) is 3. The van der Waals surface area contributed by atoms with E-state index in [-0.39, 0.29) is 6.04 Å². The van der Waals surface area contributed by atoms with Crippen LogP contribution < -0.4 is 4.72 Å². The number of rotatable bonds is 4. The summed E-state index contributed by atoms with van der Waals surface area (Å²) in [6.07, 6.45) is 6.46. The molecule has 1 atom stereocenters. The molecule has 0 spiro atoms. The van der Waals surface area contributed by atoms with Crippen LogP contribution in [0.4, 0.5) is 0 Å². The van der Waals surface area contributed by atoms with E-state index in [2.05, 4.69) is 16.5 Å². The van der Waals surface area contributed by atoms with Crippen molar-refractivity contribution >= 4 is 10.0 Å². The maximum absolute atomic E-state index is 12.7. The Morgan fingerprint density at radius 1 is 1.18 bits per heavy atom. The molecule has 22 heavy (non-hydrogen) atoms. The molecule has 0 radical (unpaired) electrons. The van der Waals surface area contributed by atoms with Gasteiger partial charge in [-0.15, -0.1) is 0 Å². The molecule has 122 valence electrons. The predicted molar refractivity (Wildman–Crippen MR) is 88.5 cm³/mol. The second-order valence-corrected chi connectivity index (χ2v) is 8.21. The van der Waals surface area contributed by atoms with Crippen LogP contribution in [0.25, 0.3) is 0 Å². The van der Waals surface area contributed by atoms with E-state index in [1.165, 1.54) is 17.5 Å². The Hall–Kier alpha value is -0.910. The summed E-state index contributed by atoms with van der Waals surface area (Å²) in [6, 6.07) is 5.70. The minimum atomic E-state index is -3.40. The van der Waals surface area contributed by atoms with Crippen molar-refractivity contribution < 1.29 is 8.42 Å². The third kappa shape index (κ3) is 3.53. The van der Waals surface area contributed by atoms with Gasteiger partial charge in [-0.2, -0.15) is 0 Å². The van der Waals surface area contributed by atoms with Crippen molar-refractivity contribution in [3.63, 3.8) is 0 Å². The van der Waals surface area contributed by atoms with Gasteiger partial charge in [0.05, 0.1) is 4.90 Å². The number of hydrogen-bond donors (Lipinski definition) is 1. The lowest BCUT2D eigenvalue weighted by atomic mass is 9.92. The van der Waals surface area contributed by atoms with Crippen molar-refractivity contribution in [2.45, 2.75) is 56.4 Å². The lowest BCUT2D eigenvalue weighted by Crippen LogP contribution is -2.47. The molecule has 0 amide bonds. The molecule has 4 nitrogen and oxygen atoms in total. The summed E-state index contributed by atoms with van der Waals surface area (Å²) in [6.45, 7) is 5.01. The van der Waals surface area contributed by atoms with Crippen molar-refractivity contribution in [1.82, 2.24) is 9.62 Å². The first-order valence-electron chi connectivity index (χ1n) is 8.45. The van der Waals surface area contributed by atoms with Gasteiger partial charge in [-0.1, -0.05) is 13.0 Å². The Morgan fingerprint density at radius 2 is 1.95 bits per heavy atom. The molecule has 1 saturated heterocycles. The van der Waals surface area contributed by atoms with Crippen LogP contribution in [0.2, 0.25) is 0 Å². The smallest absolute Gasteiger partial charge is 0.240 e. The average molecular weight is 322 g/mol. The standard InChI is InChI=1S/C17H26N2O2S/c1-2-19-11-5-8-16(13-19)18-22(20,21)17-10-9-14-6-3-4-7-15(14)12-17/h9-10,12,16,18H,2-8,11,13H2,1H3/t16-/m1/s1. The summed E-state index contributed by atoms with van der Waals surface area (Å²) in [5.41, 5.74) is 2.54. The highest BCUT2D eigenvalue weighted by atomic mass is 32.2. The van der Waals surface area contributed by atoms with Gasteiger partial charge in [-0.05, 0) is 74.9 Å². The van der Waals surface area contributed by atoms with Gasteiger partial charge in [-0.25, -0.2) is 13.1 Å². The molecule has 5 heteroatoms. The Kier molecular flexibility index (Phi) is 4.85. The van der Waals surface area contributed by atoms with Crippen LogP contribution in [0.5, 0.6) is 0 Å². The normalized spacial score (nSPS) is 23.2. The summed E-state index contributed by atoms with van der Waals surface area (Å²) in [5.74, 6) is 0. The van der Waals surface area contributed by atoms with Gasteiger partial charge in [-0.3, -0.25) is 0 Å². The van der Waals surface area contributed by atoms with Crippen LogP contribution in [0.3, 0.4) is 0 Å². The fraction of sp³-hybridized carbons (Fsp3) is 0.647. The monoisotopic (exact) mass is 322 g/mol. The van der Waals surface area contributed by atoms with Crippen molar-refractivity contribution in [2.24, 2.45) is 0 Å². The molecule has 1 fully saturated rings. The van der Waals surface area contributed by atoms with Gasteiger partial charge in [0.1, 0.15) is 0 Å². The maximum atomic E-state index is 12.7. The fourth-order valence-corrected chi connectivity index (χ4v) is 4.92. The molecule has 1 aromatic rings. The van der Waals surface area contributed by atoms with Crippen LogP contribution in [0.15, 0.2) is 23.1 Å². The lowest BCUT2D eigenvalue weighted by molar-refractivity contribution is 0.211. The highest BCUT2D eigenvalue weighted by Crippen LogP contribution is 2.24. The molecule has 3 rings (SSSR count). The molecule has 2 aliphatic rings. The molecule has 0 bridgehead atoms. The molecule has 1 aromatic carbocycles. The van der Waals surface area contributed by atoms with Crippen LogP contribution in [0.1, 0.15) is 43.7 Å². The quantitative estimate of drug-likeness (QED) is 0.925. The number of likely N-dealkylation sites (tertiary alicyclic amines) is 1. The molecule has 1 heterocycles. The van der Waals surface area contributed by atoms with Crippen molar-refractivity contribution in [3.8, 4) is 0 Å². The van der Waals surface area contributed by atoms with E-state index in [0.29, 0.717) is 4.90 Å². The number of fused-ring (bicyclic) bond motifs is 1. The van der Waals surface area contributed by atoms with Gasteiger partial charge in [0.25, 0.3) is 0 Å². The molecule has 1 aliphatic heterocycles. The Bertz CT molecular complexity index is 628. The van der Waals surface area contributed by atoms with Gasteiger partial charge in [0.15, 0.2) is 0 Å². The molecular formula is C17H26N2O2S. The number of sulfonamides is 1. The van der Waals surface area contributed by atoms with Crippen LogP contribution in [0, 0.1) is 0 Å².